The highest BCUT2D eigenvalue weighted by molar-refractivity contribution is 6.33. The summed E-state index contributed by atoms with van der Waals surface area (Å²) in [6.45, 7) is 2.26. The van der Waals surface area contributed by atoms with Crippen molar-refractivity contribution in [2.75, 3.05) is 5.73 Å². The number of hydrogen-bond donors (Lipinski definition) is 2. The number of amides is 1. The van der Waals surface area contributed by atoms with Crippen LogP contribution >= 0.6 is 11.6 Å². The molecule has 5 heteroatoms. The van der Waals surface area contributed by atoms with E-state index < -0.39 is 0 Å². The second kappa shape index (κ2) is 5.71. The molecule has 0 radical (unpaired) electrons. The van der Waals surface area contributed by atoms with Gasteiger partial charge in [-0.1, -0.05) is 23.7 Å². The van der Waals surface area contributed by atoms with Crippen LogP contribution in [0.2, 0.25) is 5.02 Å². The molecule has 1 heterocycles. The van der Waals surface area contributed by atoms with E-state index >= 15 is 0 Å². The summed E-state index contributed by atoms with van der Waals surface area (Å²) in [6, 6.07) is 10.6. The van der Waals surface area contributed by atoms with E-state index in [4.69, 9.17) is 17.3 Å². The Morgan fingerprint density at radius 2 is 2.05 bits per heavy atom. The molecule has 0 aliphatic rings. The molecule has 0 saturated carbocycles. The third-order valence-corrected chi connectivity index (χ3v) is 3.00. The second-order valence-corrected chi connectivity index (χ2v) is 4.56. The number of nitrogens with two attached hydrogens (primary N) is 1. The van der Waals surface area contributed by atoms with Crippen LogP contribution in [-0.2, 0) is 6.54 Å². The SMILES string of the molecule is Cc1cccc(CNC(=O)c2cccc(Cl)c2N)n1. The number of rotatable bonds is 3. The molecular formula is C14H14ClN3O. The minimum Gasteiger partial charge on any atom is -0.397 e. The van der Waals surface area contributed by atoms with Gasteiger partial charge < -0.3 is 11.1 Å². The molecule has 2 rings (SSSR count). The van der Waals surface area contributed by atoms with Crippen LogP contribution in [-0.4, -0.2) is 10.9 Å². The summed E-state index contributed by atoms with van der Waals surface area (Å²) >= 11 is 5.88. The fourth-order valence-electron chi connectivity index (χ4n) is 1.70. The number of nitrogens with zero attached hydrogens (tertiary/aromatic N) is 1. The molecule has 1 aromatic carbocycles. The van der Waals surface area contributed by atoms with Crippen molar-refractivity contribution in [3.63, 3.8) is 0 Å². The molecule has 0 spiro atoms. The van der Waals surface area contributed by atoms with E-state index in [0.29, 0.717) is 22.8 Å². The molecule has 1 aromatic heterocycles. The van der Waals surface area contributed by atoms with Crippen molar-refractivity contribution in [3.05, 3.63) is 58.4 Å². The Balaban J connectivity index is 2.08. The lowest BCUT2D eigenvalue weighted by molar-refractivity contribution is 0.0951. The summed E-state index contributed by atoms with van der Waals surface area (Å²) in [4.78, 5) is 16.3. The fraction of sp³-hybridized carbons (Fsp3) is 0.143. The lowest BCUT2D eigenvalue weighted by Crippen LogP contribution is -2.24. The van der Waals surface area contributed by atoms with Crippen LogP contribution in [0.5, 0.6) is 0 Å². The number of nitrogens with one attached hydrogen (secondary N) is 1. The number of halogens is 1. The number of pyridine rings is 1. The van der Waals surface area contributed by atoms with E-state index in [1.165, 1.54) is 0 Å². The molecule has 4 nitrogen and oxygen atoms in total. The zero-order valence-electron chi connectivity index (χ0n) is 10.5. The maximum atomic E-state index is 12.0. The third kappa shape index (κ3) is 3.23. The molecule has 2 aromatic rings. The van der Waals surface area contributed by atoms with E-state index in [1.54, 1.807) is 18.2 Å². The number of hydrogen-bond acceptors (Lipinski definition) is 3. The Morgan fingerprint density at radius 1 is 1.32 bits per heavy atom. The Bertz CT molecular complexity index is 613. The summed E-state index contributed by atoms with van der Waals surface area (Å²) < 4.78 is 0. The first-order valence-electron chi connectivity index (χ1n) is 5.82. The van der Waals surface area contributed by atoms with Gasteiger partial charge in [-0.25, -0.2) is 0 Å². The lowest BCUT2D eigenvalue weighted by atomic mass is 10.1. The number of benzene rings is 1. The van der Waals surface area contributed by atoms with E-state index in [9.17, 15) is 4.79 Å². The smallest absolute Gasteiger partial charge is 0.253 e. The van der Waals surface area contributed by atoms with Crippen molar-refractivity contribution in [3.8, 4) is 0 Å². The number of para-hydroxylation sites is 1. The molecule has 0 unspecified atom stereocenters. The van der Waals surface area contributed by atoms with E-state index in [1.807, 2.05) is 25.1 Å². The summed E-state index contributed by atoms with van der Waals surface area (Å²) in [7, 11) is 0. The maximum absolute atomic E-state index is 12.0. The van der Waals surface area contributed by atoms with E-state index in [0.717, 1.165) is 11.4 Å². The minimum absolute atomic E-state index is 0.261. The van der Waals surface area contributed by atoms with Gasteiger partial charge in [-0.3, -0.25) is 9.78 Å². The van der Waals surface area contributed by atoms with Crippen LogP contribution in [0, 0.1) is 6.92 Å². The van der Waals surface area contributed by atoms with Gasteiger partial charge in [0.1, 0.15) is 0 Å². The first-order chi connectivity index (χ1) is 9.08. The van der Waals surface area contributed by atoms with Gasteiger partial charge in [0.25, 0.3) is 5.91 Å². The molecule has 0 aliphatic heterocycles. The third-order valence-electron chi connectivity index (χ3n) is 2.67. The lowest BCUT2D eigenvalue weighted by Gasteiger charge is -2.08. The number of nitrogen functional groups attached to an aromatic ring is 1. The first kappa shape index (κ1) is 13.4. The summed E-state index contributed by atoms with van der Waals surface area (Å²) in [6.07, 6.45) is 0. The topological polar surface area (TPSA) is 68.0 Å². The van der Waals surface area contributed by atoms with Crippen molar-refractivity contribution in [2.24, 2.45) is 0 Å². The zero-order valence-corrected chi connectivity index (χ0v) is 11.2. The Kier molecular flexibility index (Phi) is 4.02. The van der Waals surface area contributed by atoms with Crippen LogP contribution in [0.15, 0.2) is 36.4 Å². The first-order valence-corrected chi connectivity index (χ1v) is 6.20. The number of aromatic nitrogens is 1. The molecule has 0 aliphatic carbocycles. The van der Waals surface area contributed by atoms with Crippen LogP contribution in [0.1, 0.15) is 21.7 Å². The van der Waals surface area contributed by atoms with Crippen molar-refractivity contribution < 1.29 is 4.79 Å². The highest BCUT2D eigenvalue weighted by atomic mass is 35.5. The van der Waals surface area contributed by atoms with Gasteiger partial charge in [0.05, 0.1) is 28.5 Å². The molecule has 1 amide bonds. The highest BCUT2D eigenvalue weighted by Gasteiger charge is 2.11. The van der Waals surface area contributed by atoms with Gasteiger partial charge in [-0.2, -0.15) is 0 Å². The van der Waals surface area contributed by atoms with E-state index in [-0.39, 0.29) is 5.91 Å². The van der Waals surface area contributed by atoms with Crippen LogP contribution in [0.25, 0.3) is 0 Å². The highest BCUT2D eigenvalue weighted by Crippen LogP contribution is 2.22. The predicted molar refractivity (Wildman–Crippen MR) is 76.0 cm³/mol. The maximum Gasteiger partial charge on any atom is 0.253 e. The van der Waals surface area contributed by atoms with Crippen molar-refractivity contribution in [2.45, 2.75) is 13.5 Å². The van der Waals surface area contributed by atoms with Crippen molar-refractivity contribution in [1.29, 1.82) is 0 Å². The second-order valence-electron chi connectivity index (χ2n) is 4.15. The average Bonchev–Trinajstić information content (AvgIpc) is 2.39. The Labute approximate surface area is 116 Å². The number of carbonyl (C=O) groups excluding carboxylic acids is 1. The molecule has 3 N–H and O–H groups in total. The van der Waals surface area contributed by atoms with Gasteiger partial charge in [0, 0.05) is 5.69 Å². The molecular weight excluding hydrogens is 262 g/mol. The summed E-state index contributed by atoms with van der Waals surface area (Å²) in [5.74, 6) is -0.261. The van der Waals surface area contributed by atoms with Gasteiger partial charge in [0.15, 0.2) is 0 Å². The van der Waals surface area contributed by atoms with Crippen molar-refractivity contribution in [1.82, 2.24) is 10.3 Å². The number of anilines is 1. The van der Waals surface area contributed by atoms with Gasteiger partial charge >= 0.3 is 0 Å². The van der Waals surface area contributed by atoms with Crippen molar-refractivity contribution >= 4 is 23.2 Å². The fourth-order valence-corrected chi connectivity index (χ4v) is 1.87. The zero-order chi connectivity index (χ0) is 13.8. The minimum atomic E-state index is -0.261. The molecule has 0 atom stereocenters. The normalized spacial score (nSPS) is 10.2. The van der Waals surface area contributed by atoms with Crippen LogP contribution < -0.4 is 11.1 Å². The molecule has 98 valence electrons. The van der Waals surface area contributed by atoms with Gasteiger partial charge in [-0.15, -0.1) is 0 Å². The number of carbonyl (C=O) groups is 1. The molecule has 0 bridgehead atoms. The monoisotopic (exact) mass is 275 g/mol. The Hall–Kier alpha value is -2.07. The largest absolute Gasteiger partial charge is 0.397 e. The molecule has 0 saturated heterocycles. The predicted octanol–water partition coefficient (Wildman–Crippen LogP) is 2.56. The average molecular weight is 276 g/mol. The quantitative estimate of drug-likeness (QED) is 0.846. The van der Waals surface area contributed by atoms with Gasteiger partial charge in [-0.05, 0) is 31.2 Å². The van der Waals surface area contributed by atoms with Gasteiger partial charge in [0.2, 0.25) is 0 Å². The standard InChI is InChI=1S/C14H14ClN3O/c1-9-4-2-5-10(18-9)8-17-14(19)11-6-3-7-12(15)13(11)16/h2-7H,8,16H2,1H3,(H,17,19). The number of aryl methyl sites for hydroxylation is 1. The Morgan fingerprint density at radius 3 is 2.79 bits per heavy atom. The summed E-state index contributed by atoms with van der Waals surface area (Å²) in [5, 5.41) is 3.15. The molecule has 19 heavy (non-hydrogen) atoms. The summed E-state index contributed by atoms with van der Waals surface area (Å²) in [5.41, 5.74) is 8.15. The molecule has 0 fully saturated rings. The van der Waals surface area contributed by atoms with Crippen LogP contribution in [0.3, 0.4) is 0 Å². The van der Waals surface area contributed by atoms with E-state index in [2.05, 4.69) is 10.3 Å². The van der Waals surface area contributed by atoms with Crippen LogP contribution in [0.4, 0.5) is 5.69 Å².